The second kappa shape index (κ2) is 9.88. The SMILES string of the molecule is CC(=O)N[C@@H](CC(=O)O[C@@H](C)C(=O)Nc1cccc(C#N)c1)c1ccccc1. The Morgan fingerprint density at radius 3 is 2.46 bits per heavy atom. The van der Waals surface area contributed by atoms with Crippen LogP contribution in [-0.4, -0.2) is 23.9 Å². The first kappa shape index (κ1) is 20.6. The van der Waals surface area contributed by atoms with Crippen molar-refractivity contribution in [3.05, 3.63) is 65.7 Å². The lowest BCUT2D eigenvalue weighted by Crippen LogP contribution is -2.33. The van der Waals surface area contributed by atoms with Gasteiger partial charge in [-0.3, -0.25) is 14.4 Å². The highest BCUT2D eigenvalue weighted by atomic mass is 16.5. The number of carbonyl (C=O) groups is 3. The maximum atomic E-state index is 12.3. The number of nitrogens with zero attached hydrogens (tertiary/aromatic N) is 1. The van der Waals surface area contributed by atoms with Crippen molar-refractivity contribution in [1.29, 1.82) is 5.26 Å². The molecule has 0 aliphatic heterocycles. The second-order valence-corrected chi connectivity index (χ2v) is 6.18. The summed E-state index contributed by atoms with van der Waals surface area (Å²) in [4.78, 5) is 36.0. The molecule has 7 nitrogen and oxygen atoms in total. The molecule has 0 radical (unpaired) electrons. The Morgan fingerprint density at radius 1 is 1.11 bits per heavy atom. The summed E-state index contributed by atoms with van der Waals surface area (Å²) in [5, 5.41) is 14.2. The van der Waals surface area contributed by atoms with Gasteiger partial charge in [-0.05, 0) is 30.7 Å². The Kier molecular flexibility index (Phi) is 7.28. The van der Waals surface area contributed by atoms with Crippen LogP contribution in [0.1, 0.15) is 37.4 Å². The molecular weight excluding hydrogens is 358 g/mol. The summed E-state index contributed by atoms with van der Waals surface area (Å²) in [6.45, 7) is 2.82. The highest BCUT2D eigenvalue weighted by molar-refractivity contribution is 5.95. The third-order valence-electron chi connectivity index (χ3n) is 3.89. The van der Waals surface area contributed by atoms with Gasteiger partial charge in [-0.25, -0.2) is 0 Å². The maximum Gasteiger partial charge on any atom is 0.309 e. The lowest BCUT2D eigenvalue weighted by atomic mass is 10.0. The zero-order chi connectivity index (χ0) is 20.5. The van der Waals surface area contributed by atoms with Gasteiger partial charge in [0.15, 0.2) is 6.10 Å². The highest BCUT2D eigenvalue weighted by Crippen LogP contribution is 2.18. The van der Waals surface area contributed by atoms with Crippen LogP contribution in [0.5, 0.6) is 0 Å². The maximum absolute atomic E-state index is 12.3. The van der Waals surface area contributed by atoms with Crippen molar-refractivity contribution >= 4 is 23.5 Å². The van der Waals surface area contributed by atoms with Crippen LogP contribution in [0.2, 0.25) is 0 Å². The number of anilines is 1. The third kappa shape index (κ3) is 6.25. The Hall–Kier alpha value is -3.66. The van der Waals surface area contributed by atoms with Gasteiger partial charge in [0.2, 0.25) is 5.91 Å². The molecular formula is C21H21N3O4. The van der Waals surface area contributed by atoms with Gasteiger partial charge in [0.1, 0.15) is 0 Å². The Morgan fingerprint density at radius 2 is 1.82 bits per heavy atom. The zero-order valence-corrected chi connectivity index (χ0v) is 15.6. The quantitative estimate of drug-likeness (QED) is 0.719. The molecule has 0 fully saturated rings. The van der Waals surface area contributed by atoms with Gasteiger partial charge >= 0.3 is 5.97 Å². The molecule has 2 rings (SSSR count). The molecule has 0 unspecified atom stereocenters. The van der Waals surface area contributed by atoms with Crippen LogP contribution >= 0.6 is 0 Å². The van der Waals surface area contributed by atoms with E-state index in [0.29, 0.717) is 11.3 Å². The molecule has 0 aliphatic rings. The second-order valence-electron chi connectivity index (χ2n) is 6.18. The number of carbonyl (C=O) groups excluding carboxylic acids is 3. The van der Waals surface area contributed by atoms with E-state index in [1.165, 1.54) is 19.9 Å². The lowest BCUT2D eigenvalue weighted by Gasteiger charge is -2.19. The molecule has 2 amide bonds. The first-order valence-corrected chi connectivity index (χ1v) is 8.71. The van der Waals surface area contributed by atoms with Gasteiger partial charge in [0.25, 0.3) is 5.91 Å². The van der Waals surface area contributed by atoms with Crippen molar-refractivity contribution in [2.75, 3.05) is 5.32 Å². The molecule has 144 valence electrons. The van der Waals surface area contributed by atoms with E-state index in [4.69, 9.17) is 10.00 Å². The third-order valence-corrected chi connectivity index (χ3v) is 3.89. The first-order valence-electron chi connectivity index (χ1n) is 8.71. The fourth-order valence-corrected chi connectivity index (χ4v) is 2.56. The van der Waals surface area contributed by atoms with Crippen LogP contribution in [0.25, 0.3) is 0 Å². The van der Waals surface area contributed by atoms with Crippen molar-refractivity contribution in [3.63, 3.8) is 0 Å². The van der Waals surface area contributed by atoms with E-state index in [1.807, 2.05) is 12.1 Å². The molecule has 2 aromatic rings. The Balaban J connectivity index is 1.96. The minimum absolute atomic E-state index is 0.106. The molecule has 7 heteroatoms. The molecule has 0 aliphatic carbocycles. The predicted molar refractivity (Wildman–Crippen MR) is 103 cm³/mol. The van der Waals surface area contributed by atoms with E-state index in [-0.39, 0.29) is 12.3 Å². The molecule has 0 saturated carbocycles. The standard InChI is InChI=1S/C21H21N3O4/c1-14(21(27)24-18-10-6-7-16(11-18)13-22)28-20(26)12-19(23-15(2)25)17-8-4-3-5-9-17/h3-11,14,19H,12H2,1-2H3,(H,23,25)(H,24,27)/t14-,19-/m0/s1. The number of nitriles is 1. The Labute approximate surface area is 163 Å². The van der Waals surface area contributed by atoms with Crippen molar-refractivity contribution in [2.45, 2.75) is 32.4 Å². The number of ether oxygens (including phenoxy) is 1. The number of benzene rings is 2. The average molecular weight is 379 g/mol. The fraction of sp³-hybridized carbons (Fsp3) is 0.238. The van der Waals surface area contributed by atoms with Gasteiger partial charge < -0.3 is 15.4 Å². The molecule has 0 bridgehead atoms. The van der Waals surface area contributed by atoms with Crippen LogP contribution in [0.15, 0.2) is 54.6 Å². The van der Waals surface area contributed by atoms with Crippen molar-refractivity contribution in [1.82, 2.24) is 5.32 Å². The lowest BCUT2D eigenvalue weighted by molar-refractivity contribution is -0.153. The van der Waals surface area contributed by atoms with Crippen molar-refractivity contribution in [2.24, 2.45) is 0 Å². The van der Waals surface area contributed by atoms with E-state index < -0.39 is 24.0 Å². The van der Waals surface area contributed by atoms with E-state index in [1.54, 1.807) is 42.5 Å². The van der Waals surface area contributed by atoms with E-state index >= 15 is 0 Å². The predicted octanol–water partition coefficient (Wildman–Crippen LogP) is 2.70. The van der Waals surface area contributed by atoms with Gasteiger partial charge in [-0.1, -0.05) is 36.4 Å². The van der Waals surface area contributed by atoms with Crippen molar-refractivity contribution < 1.29 is 19.1 Å². The fourth-order valence-electron chi connectivity index (χ4n) is 2.56. The monoisotopic (exact) mass is 379 g/mol. The summed E-state index contributed by atoms with van der Waals surface area (Å²) in [7, 11) is 0. The molecule has 0 spiro atoms. The van der Waals surface area contributed by atoms with E-state index in [2.05, 4.69) is 10.6 Å². The smallest absolute Gasteiger partial charge is 0.309 e. The van der Waals surface area contributed by atoms with E-state index in [0.717, 1.165) is 5.56 Å². The molecule has 0 aromatic heterocycles. The summed E-state index contributed by atoms with van der Waals surface area (Å²) in [5.74, 6) is -1.40. The van der Waals surface area contributed by atoms with Gasteiger partial charge in [-0.2, -0.15) is 5.26 Å². The first-order chi connectivity index (χ1) is 13.4. The molecule has 2 N–H and O–H groups in total. The highest BCUT2D eigenvalue weighted by Gasteiger charge is 2.22. The van der Waals surface area contributed by atoms with Gasteiger partial charge in [0, 0.05) is 12.6 Å². The number of hydrogen-bond donors (Lipinski definition) is 2. The average Bonchev–Trinajstić information content (AvgIpc) is 2.67. The normalized spacial score (nSPS) is 12.2. The van der Waals surface area contributed by atoms with E-state index in [9.17, 15) is 14.4 Å². The largest absolute Gasteiger partial charge is 0.452 e. The van der Waals surface area contributed by atoms with Crippen LogP contribution in [0.3, 0.4) is 0 Å². The molecule has 2 atom stereocenters. The zero-order valence-electron chi connectivity index (χ0n) is 15.6. The summed E-state index contributed by atoms with van der Waals surface area (Å²) >= 11 is 0. The number of rotatable bonds is 7. The van der Waals surface area contributed by atoms with Crippen LogP contribution in [0.4, 0.5) is 5.69 Å². The van der Waals surface area contributed by atoms with Gasteiger partial charge in [-0.15, -0.1) is 0 Å². The van der Waals surface area contributed by atoms with Crippen LogP contribution in [-0.2, 0) is 19.1 Å². The summed E-state index contributed by atoms with van der Waals surface area (Å²) < 4.78 is 5.21. The minimum atomic E-state index is -1.04. The number of nitrogens with one attached hydrogen (secondary N) is 2. The number of esters is 1. The van der Waals surface area contributed by atoms with Gasteiger partial charge in [0.05, 0.1) is 24.1 Å². The molecule has 2 aromatic carbocycles. The number of hydrogen-bond acceptors (Lipinski definition) is 5. The molecule has 0 heterocycles. The van der Waals surface area contributed by atoms with Crippen molar-refractivity contribution in [3.8, 4) is 6.07 Å². The molecule has 28 heavy (non-hydrogen) atoms. The topological polar surface area (TPSA) is 108 Å². The number of amides is 2. The van der Waals surface area contributed by atoms with Crippen LogP contribution < -0.4 is 10.6 Å². The summed E-state index contributed by atoms with van der Waals surface area (Å²) in [6, 6.07) is 16.9. The molecule has 0 saturated heterocycles. The summed E-state index contributed by atoms with van der Waals surface area (Å²) in [6.07, 6.45) is -1.14. The van der Waals surface area contributed by atoms with Crippen LogP contribution in [0, 0.1) is 11.3 Å². The minimum Gasteiger partial charge on any atom is -0.452 e. The summed E-state index contributed by atoms with van der Waals surface area (Å²) in [5.41, 5.74) is 1.61. The Bertz CT molecular complexity index is 890.